The molecule has 3 nitrogen and oxygen atoms in total. The minimum absolute atomic E-state index is 0.555. The van der Waals surface area contributed by atoms with Crippen LogP contribution in [-0.2, 0) is 4.79 Å². The Bertz CT molecular complexity index is 199. The van der Waals surface area contributed by atoms with Gasteiger partial charge in [0.25, 0.3) is 0 Å². The SMILES string of the molecule is CCC(C)(CN1CC(C)C1)C(=O)O. The lowest BCUT2D eigenvalue weighted by Gasteiger charge is -2.41. The average molecular weight is 185 g/mol. The number of carboxylic acid groups (broad SMARTS) is 1. The fraction of sp³-hybridized carbons (Fsp3) is 0.900. The number of hydrogen-bond acceptors (Lipinski definition) is 2. The van der Waals surface area contributed by atoms with E-state index in [0.29, 0.717) is 13.0 Å². The normalized spacial score (nSPS) is 23.6. The van der Waals surface area contributed by atoms with Crippen LogP contribution in [0.25, 0.3) is 0 Å². The van der Waals surface area contributed by atoms with E-state index in [4.69, 9.17) is 5.11 Å². The number of carboxylic acids is 1. The van der Waals surface area contributed by atoms with Crippen LogP contribution in [0.1, 0.15) is 27.2 Å². The molecule has 13 heavy (non-hydrogen) atoms. The second-order valence-corrected chi connectivity index (χ2v) is 4.52. The predicted octanol–water partition coefficient (Wildman–Crippen LogP) is 1.44. The molecule has 0 radical (unpaired) electrons. The molecule has 1 N–H and O–H groups in total. The second-order valence-electron chi connectivity index (χ2n) is 4.52. The minimum atomic E-state index is -0.672. The maximum atomic E-state index is 11.0. The van der Waals surface area contributed by atoms with Crippen molar-refractivity contribution in [3.63, 3.8) is 0 Å². The molecule has 0 bridgehead atoms. The van der Waals surface area contributed by atoms with E-state index in [9.17, 15) is 4.79 Å². The third kappa shape index (κ3) is 2.21. The van der Waals surface area contributed by atoms with Crippen LogP contribution in [-0.4, -0.2) is 35.6 Å². The van der Waals surface area contributed by atoms with Crippen molar-refractivity contribution in [1.82, 2.24) is 4.90 Å². The highest BCUT2D eigenvalue weighted by molar-refractivity contribution is 5.74. The summed E-state index contributed by atoms with van der Waals surface area (Å²) in [6, 6.07) is 0. The van der Waals surface area contributed by atoms with Crippen molar-refractivity contribution in [2.24, 2.45) is 11.3 Å². The lowest BCUT2D eigenvalue weighted by molar-refractivity contribution is -0.150. The largest absolute Gasteiger partial charge is 0.481 e. The summed E-state index contributed by atoms with van der Waals surface area (Å²) in [5.74, 6) is 0.0736. The summed E-state index contributed by atoms with van der Waals surface area (Å²) in [5.41, 5.74) is -0.555. The monoisotopic (exact) mass is 185 g/mol. The Morgan fingerprint density at radius 3 is 2.46 bits per heavy atom. The molecule has 0 aromatic carbocycles. The summed E-state index contributed by atoms with van der Waals surface area (Å²) in [6.45, 7) is 8.78. The van der Waals surface area contributed by atoms with Gasteiger partial charge in [-0.25, -0.2) is 0 Å². The van der Waals surface area contributed by atoms with Crippen LogP contribution in [0.5, 0.6) is 0 Å². The highest BCUT2D eigenvalue weighted by Crippen LogP contribution is 2.26. The van der Waals surface area contributed by atoms with Gasteiger partial charge in [0.1, 0.15) is 0 Å². The smallest absolute Gasteiger partial charge is 0.310 e. The lowest BCUT2D eigenvalue weighted by atomic mass is 9.85. The average Bonchev–Trinajstić information content (AvgIpc) is 2.01. The number of rotatable bonds is 4. The first-order valence-corrected chi connectivity index (χ1v) is 4.93. The number of carbonyl (C=O) groups is 1. The van der Waals surface area contributed by atoms with Gasteiger partial charge < -0.3 is 10.0 Å². The molecule has 0 aromatic rings. The van der Waals surface area contributed by atoms with Crippen molar-refractivity contribution < 1.29 is 9.90 Å². The zero-order valence-corrected chi connectivity index (χ0v) is 8.71. The molecule has 1 heterocycles. The van der Waals surface area contributed by atoms with Crippen molar-refractivity contribution in [2.45, 2.75) is 27.2 Å². The van der Waals surface area contributed by atoms with Crippen LogP contribution in [0.4, 0.5) is 0 Å². The second kappa shape index (κ2) is 3.66. The van der Waals surface area contributed by atoms with Crippen molar-refractivity contribution in [2.75, 3.05) is 19.6 Å². The molecule has 1 fully saturated rings. The molecule has 0 aliphatic carbocycles. The van der Waals surface area contributed by atoms with Gasteiger partial charge in [-0.05, 0) is 19.3 Å². The molecule has 76 valence electrons. The maximum absolute atomic E-state index is 11.0. The van der Waals surface area contributed by atoms with Gasteiger partial charge in [0.2, 0.25) is 0 Å². The summed E-state index contributed by atoms with van der Waals surface area (Å²) in [6.07, 6.45) is 0.702. The molecule has 1 aliphatic rings. The van der Waals surface area contributed by atoms with Crippen LogP contribution in [0.3, 0.4) is 0 Å². The first-order chi connectivity index (χ1) is 5.98. The molecule has 1 aliphatic heterocycles. The van der Waals surface area contributed by atoms with E-state index < -0.39 is 11.4 Å². The van der Waals surface area contributed by atoms with E-state index in [2.05, 4.69) is 11.8 Å². The van der Waals surface area contributed by atoms with Crippen LogP contribution in [0.2, 0.25) is 0 Å². The minimum Gasteiger partial charge on any atom is -0.481 e. The molecule has 1 atom stereocenters. The predicted molar refractivity (Wildman–Crippen MR) is 51.6 cm³/mol. The quantitative estimate of drug-likeness (QED) is 0.720. The van der Waals surface area contributed by atoms with Gasteiger partial charge in [0, 0.05) is 19.6 Å². The van der Waals surface area contributed by atoms with Crippen molar-refractivity contribution in [3.8, 4) is 0 Å². The fourth-order valence-electron chi connectivity index (χ4n) is 1.78. The number of likely N-dealkylation sites (tertiary alicyclic amines) is 1. The molecule has 3 heteroatoms. The van der Waals surface area contributed by atoms with Gasteiger partial charge in [-0.3, -0.25) is 4.79 Å². The van der Waals surface area contributed by atoms with Gasteiger partial charge in [0.05, 0.1) is 5.41 Å². The Morgan fingerprint density at radius 2 is 2.15 bits per heavy atom. The standard InChI is InChI=1S/C10H19NO2/c1-4-10(3,9(12)13)7-11-5-8(2)6-11/h8H,4-7H2,1-3H3,(H,12,13). The molecule has 0 amide bonds. The van der Waals surface area contributed by atoms with Crippen molar-refractivity contribution >= 4 is 5.97 Å². The molecular weight excluding hydrogens is 166 g/mol. The first kappa shape index (κ1) is 10.5. The Morgan fingerprint density at radius 1 is 1.62 bits per heavy atom. The van der Waals surface area contributed by atoms with E-state index in [0.717, 1.165) is 19.0 Å². The van der Waals surface area contributed by atoms with Crippen molar-refractivity contribution in [1.29, 1.82) is 0 Å². The topological polar surface area (TPSA) is 40.5 Å². The number of aliphatic carboxylic acids is 1. The first-order valence-electron chi connectivity index (χ1n) is 4.93. The lowest BCUT2D eigenvalue weighted by Crippen LogP contribution is -2.51. The van der Waals surface area contributed by atoms with Crippen LogP contribution in [0.15, 0.2) is 0 Å². The van der Waals surface area contributed by atoms with E-state index in [1.807, 2.05) is 13.8 Å². The highest BCUT2D eigenvalue weighted by Gasteiger charge is 2.36. The molecule has 0 aromatic heterocycles. The number of hydrogen-bond donors (Lipinski definition) is 1. The van der Waals surface area contributed by atoms with Gasteiger partial charge in [-0.1, -0.05) is 13.8 Å². The summed E-state index contributed by atoms with van der Waals surface area (Å²) in [5, 5.41) is 9.04. The molecule has 0 spiro atoms. The zero-order chi connectivity index (χ0) is 10.1. The maximum Gasteiger partial charge on any atom is 0.310 e. The van der Waals surface area contributed by atoms with Gasteiger partial charge in [-0.2, -0.15) is 0 Å². The van der Waals surface area contributed by atoms with E-state index in [1.54, 1.807) is 0 Å². The Hall–Kier alpha value is -0.570. The molecule has 0 saturated carbocycles. The van der Waals surface area contributed by atoms with Crippen LogP contribution in [0, 0.1) is 11.3 Å². The molecule has 1 rings (SSSR count). The Balaban J connectivity index is 2.44. The summed E-state index contributed by atoms with van der Waals surface area (Å²) >= 11 is 0. The van der Waals surface area contributed by atoms with E-state index in [1.165, 1.54) is 0 Å². The molecule has 1 saturated heterocycles. The summed E-state index contributed by atoms with van der Waals surface area (Å²) < 4.78 is 0. The van der Waals surface area contributed by atoms with E-state index >= 15 is 0 Å². The summed E-state index contributed by atoms with van der Waals surface area (Å²) in [7, 11) is 0. The Labute approximate surface area is 79.7 Å². The van der Waals surface area contributed by atoms with Gasteiger partial charge in [0.15, 0.2) is 0 Å². The fourth-order valence-corrected chi connectivity index (χ4v) is 1.78. The third-order valence-corrected chi connectivity index (χ3v) is 3.01. The van der Waals surface area contributed by atoms with Crippen LogP contribution >= 0.6 is 0 Å². The van der Waals surface area contributed by atoms with Crippen LogP contribution < -0.4 is 0 Å². The van der Waals surface area contributed by atoms with Gasteiger partial charge in [-0.15, -0.1) is 0 Å². The van der Waals surface area contributed by atoms with Gasteiger partial charge >= 0.3 is 5.97 Å². The summed E-state index contributed by atoms with van der Waals surface area (Å²) in [4.78, 5) is 13.2. The molecule has 1 unspecified atom stereocenters. The van der Waals surface area contributed by atoms with Crippen molar-refractivity contribution in [3.05, 3.63) is 0 Å². The third-order valence-electron chi connectivity index (χ3n) is 3.01. The zero-order valence-electron chi connectivity index (χ0n) is 8.71. The Kier molecular flexibility index (Phi) is 2.96. The van der Waals surface area contributed by atoms with E-state index in [-0.39, 0.29) is 0 Å². The highest BCUT2D eigenvalue weighted by atomic mass is 16.4. The molecular formula is C10H19NO2. The number of nitrogens with zero attached hydrogens (tertiary/aromatic N) is 1.